The van der Waals surface area contributed by atoms with E-state index in [1.807, 2.05) is 6.07 Å². The molecule has 5 atom stereocenters. The molecular weight excluding hydrogens is 366 g/mol. The van der Waals surface area contributed by atoms with Crippen LogP contribution in [0.2, 0.25) is 0 Å². The van der Waals surface area contributed by atoms with E-state index in [-0.39, 0.29) is 11.5 Å². The second-order valence-electron chi connectivity index (χ2n) is 6.36. The van der Waals surface area contributed by atoms with E-state index >= 15 is 0 Å². The lowest BCUT2D eigenvalue weighted by Crippen LogP contribution is -2.60. The average molecular weight is 385 g/mol. The van der Waals surface area contributed by atoms with Crippen molar-refractivity contribution >= 4 is 5.78 Å². The van der Waals surface area contributed by atoms with Crippen LogP contribution < -0.4 is 4.74 Å². The molecule has 1 heterocycles. The smallest absolute Gasteiger partial charge is 0.229 e. The van der Waals surface area contributed by atoms with E-state index < -0.39 is 37.3 Å². The Morgan fingerprint density at radius 1 is 0.964 bits per heavy atom. The maximum absolute atomic E-state index is 12.5. The number of ketones is 1. The Balaban J connectivity index is 1.70. The van der Waals surface area contributed by atoms with Gasteiger partial charge in [-0.2, -0.15) is 5.26 Å². The van der Waals surface area contributed by atoms with Crippen LogP contribution in [0.25, 0.3) is 0 Å². The Morgan fingerprint density at radius 2 is 1.54 bits per heavy atom. The van der Waals surface area contributed by atoms with Crippen molar-refractivity contribution in [1.82, 2.24) is 0 Å². The minimum absolute atomic E-state index is 0.233. The second kappa shape index (κ2) is 8.48. The summed E-state index contributed by atoms with van der Waals surface area (Å²) in [6.07, 6.45) is -6.88. The fourth-order valence-corrected chi connectivity index (χ4v) is 2.85. The van der Waals surface area contributed by atoms with Crippen LogP contribution in [0, 0.1) is 11.3 Å². The first-order valence-electron chi connectivity index (χ1n) is 8.56. The minimum atomic E-state index is -1.53. The summed E-state index contributed by atoms with van der Waals surface area (Å²) in [6.45, 7) is -0.553. The molecule has 146 valence electrons. The van der Waals surface area contributed by atoms with Crippen molar-refractivity contribution in [3.05, 3.63) is 65.2 Å². The summed E-state index contributed by atoms with van der Waals surface area (Å²) in [5, 5.41) is 47.6. The van der Waals surface area contributed by atoms with Crippen molar-refractivity contribution in [3.8, 4) is 11.8 Å². The third-order valence-corrected chi connectivity index (χ3v) is 4.49. The van der Waals surface area contributed by atoms with Crippen molar-refractivity contribution in [3.63, 3.8) is 0 Å². The molecule has 0 bridgehead atoms. The fourth-order valence-electron chi connectivity index (χ4n) is 2.85. The first-order valence-corrected chi connectivity index (χ1v) is 8.56. The molecule has 8 nitrogen and oxygen atoms in total. The molecule has 0 unspecified atom stereocenters. The van der Waals surface area contributed by atoms with E-state index in [2.05, 4.69) is 0 Å². The number of ether oxygens (including phenoxy) is 2. The third-order valence-electron chi connectivity index (χ3n) is 4.49. The highest BCUT2D eigenvalue weighted by atomic mass is 16.7. The highest BCUT2D eigenvalue weighted by Crippen LogP contribution is 2.25. The van der Waals surface area contributed by atoms with Gasteiger partial charge >= 0.3 is 0 Å². The number of hydrogen-bond donors (Lipinski definition) is 4. The molecular formula is C20H19NO7. The summed E-state index contributed by atoms with van der Waals surface area (Å²) in [5.74, 6) is 0.0320. The second-order valence-corrected chi connectivity index (χ2v) is 6.36. The number of aliphatic hydroxyl groups is 4. The average Bonchev–Trinajstić information content (AvgIpc) is 2.74. The largest absolute Gasteiger partial charge is 0.462 e. The van der Waals surface area contributed by atoms with Gasteiger partial charge in [0.2, 0.25) is 6.29 Å². The number of benzene rings is 2. The zero-order chi connectivity index (χ0) is 20.3. The molecule has 4 N–H and O–H groups in total. The van der Waals surface area contributed by atoms with Gasteiger partial charge in [0, 0.05) is 11.1 Å². The van der Waals surface area contributed by atoms with Gasteiger partial charge in [-0.3, -0.25) is 4.79 Å². The lowest BCUT2D eigenvalue weighted by atomic mass is 9.99. The Bertz CT molecular complexity index is 858. The van der Waals surface area contributed by atoms with E-state index in [4.69, 9.17) is 14.7 Å². The molecule has 1 saturated heterocycles. The number of nitriles is 1. The van der Waals surface area contributed by atoms with Gasteiger partial charge in [0.05, 0.1) is 18.2 Å². The minimum Gasteiger partial charge on any atom is -0.462 e. The zero-order valence-corrected chi connectivity index (χ0v) is 14.7. The molecule has 0 radical (unpaired) electrons. The van der Waals surface area contributed by atoms with Gasteiger partial charge < -0.3 is 29.9 Å². The van der Waals surface area contributed by atoms with Gasteiger partial charge in [-0.15, -0.1) is 0 Å². The van der Waals surface area contributed by atoms with E-state index in [0.717, 1.165) is 0 Å². The fraction of sp³-hybridized carbons (Fsp3) is 0.300. The Kier molecular flexibility index (Phi) is 6.04. The van der Waals surface area contributed by atoms with Crippen LogP contribution in [0.5, 0.6) is 5.75 Å². The van der Waals surface area contributed by atoms with Crippen LogP contribution in [0.15, 0.2) is 48.5 Å². The molecule has 3 rings (SSSR count). The molecule has 8 heteroatoms. The van der Waals surface area contributed by atoms with Crippen molar-refractivity contribution in [2.45, 2.75) is 30.7 Å². The molecule has 1 aliphatic rings. The van der Waals surface area contributed by atoms with E-state index in [0.29, 0.717) is 16.7 Å². The normalized spacial score (nSPS) is 27.0. The van der Waals surface area contributed by atoms with Crippen LogP contribution in [0.4, 0.5) is 0 Å². The maximum atomic E-state index is 12.5. The van der Waals surface area contributed by atoms with Gasteiger partial charge in [-0.05, 0) is 48.5 Å². The summed E-state index contributed by atoms with van der Waals surface area (Å²) in [6, 6.07) is 14.3. The Hall–Kier alpha value is -2.80. The van der Waals surface area contributed by atoms with Crippen molar-refractivity contribution in [2.24, 2.45) is 0 Å². The van der Waals surface area contributed by atoms with Gasteiger partial charge in [0.15, 0.2) is 5.78 Å². The Morgan fingerprint density at radius 3 is 2.07 bits per heavy atom. The summed E-state index contributed by atoms with van der Waals surface area (Å²) in [5.41, 5.74) is 1.28. The third kappa shape index (κ3) is 4.04. The lowest BCUT2D eigenvalue weighted by Gasteiger charge is -2.39. The van der Waals surface area contributed by atoms with E-state index in [9.17, 15) is 25.2 Å². The summed E-state index contributed by atoms with van der Waals surface area (Å²) >= 11 is 0. The highest BCUT2D eigenvalue weighted by Gasteiger charge is 2.44. The number of carbonyl (C=O) groups excluding carboxylic acids is 1. The highest BCUT2D eigenvalue weighted by molar-refractivity contribution is 6.09. The van der Waals surface area contributed by atoms with Gasteiger partial charge in [0.25, 0.3) is 0 Å². The number of carbonyl (C=O) groups is 1. The van der Waals surface area contributed by atoms with Crippen LogP contribution >= 0.6 is 0 Å². The molecule has 0 aliphatic carbocycles. The predicted molar refractivity (Wildman–Crippen MR) is 95.4 cm³/mol. The summed E-state index contributed by atoms with van der Waals surface area (Å²) in [7, 11) is 0. The van der Waals surface area contributed by atoms with Gasteiger partial charge in [0.1, 0.15) is 30.2 Å². The van der Waals surface area contributed by atoms with Gasteiger partial charge in [-0.1, -0.05) is 0 Å². The van der Waals surface area contributed by atoms with Crippen LogP contribution in [0.3, 0.4) is 0 Å². The SMILES string of the molecule is N#Cc1ccc(C(=O)c2ccc(O[C@@H]3O[C@H](CO)[C@H](O)[C@H](O)[C@H]3O)cc2)cc1. The van der Waals surface area contributed by atoms with Crippen molar-refractivity contribution < 1.29 is 34.7 Å². The number of aliphatic hydroxyl groups excluding tert-OH is 4. The molecule has 28 heavy (non-hydrogen) atoms. The molecule has 2 aromatic carbocycles. The van der Waals surface area contributed by atoms with Crippen LogP contribution in [0.1, 0.15) is 21.5 Å². The predicted octanol–water partition coefficient (Wildman–Crippen LogP) is -0.0320. The van der Waals surface area contributed by atoms with Crippen molar-refractivity contribution in [2.75, 3.05) is 6.61 Å². The number of nitrogens with zero attached hydrogens (tertiary/aromatic N) is 1. The molecule has 1 fully saturated rings. The van der Waals surface area contributed by atoms with Gasteiger partial charge in [-0.25, -0.2) is 0 Å². The number of hydrogen-bond acceptors (Lipinski definition) is 8. The van der Waals surface area contributed by atoms with E-state index in [1.165, 1.54) is 24.3 Å². The molecule has 0 amide bonds. The molecule has 2 aromatic rings. The number of rotatable bonds is 5. The molecule has 0 aromatic heterocycles. The lowest BCUT2D eigenvalue weighted by molar-refractivity contribution is -0.277. The summed E-state index contributed by atoms with van der Waals surface area (Å²) in [4.78, 5) is 12.5. The first kappa shape index (κ1) is 19.9. The first-order chi connectivity index (χ1) is 13.4. The molecule has 0 spiro atoms. The maximum Gasteiger partial charge on any atom is 0.229 e. The quantitative estimate of drug-likeness (QED) is 0.526. The monoisotopic (exact) mass is 385 g/mol. The standard InChI is InChI=1S/C20H19NO7/c21-9-11-1-3-12(4-2-11)16(23)13-5-7-14(8-6-13)27-20-19(26)18(25)17(24)15(10-22)28-20/h1-8,15,17-20,22,24-26H,10H2/t15-,17+,18+,19-,20-/m1/s1. The summed E-state index contributed by atoms with van der Waals surface area (Å²) < 4.78 is 10.8. The Labute approximate surface area is 160 Å². The van der Waals surface area contributed by atoms with Crippen molar-refractivity contribution in [1.29, 1.82) is 5.26 Å². The van der Waals surface area contributed by atoms with E-state index in [1.54, 1.807) is 24.3 Å². The molecule has 0 saturated carbocycles. The van der Waals surface area contributed by atoms with Crippen LogP contribution in [-0.2, 0) is 4.74 Å². The topological polar surface area (TPSA) is 140 Å². The zero-order valence-electron chi connectivity index (χ0n) is 14.7. The van der Waals surface area contributed by atoms with Crippen LogP contribution in [-0.4, -0.2) is 63.5 Å². The molecule has 1 aliphatic heterocycles.